The Bertz CT molecular complexity index is 695. The number of allylic oxidation sites excluding steroid dienone is 3. The molecule has 3 rings (SSSR count). The van der Waals surface area contributed by atoms with Gasteiger partial charge in [0.2, 0.25) is 0 Å². The molecule has 0 bridgehead atoms. The molecule has 0 aromatic heterocycles. The topological polar surface area (TPSA) is 49.8 Å². The molecule has 0 spiro atoms. The molecule has 1 saturated heterocycles. The predicted octanol–water partition coefficient (Wildman–Crippen LogP) is 5.36. The lowest BCUT2D eigenvalue weighted by atomic mass is 9.94. The number of hydrogen-bond acceptors (Lipinski definition) is 3. The van der Waals surface area contributed by atoms with Crippen molar-refractivity contribution in [3.8, 4) is 0 Å². The van der Waals surface area contributed by atoms with E-state index in [9.17, 15) is 4.79 Å². The van der Waals surface area contributed by atoms with Gasteiger partial charge in [-0.15, -0.1) is 0 Å². The summed E-state index contributed by atoms with van der Waals surface area (Å²) in [5, 5.41) is 8.54. The molecular weight excluding hydrogens is 362 g/mol. The second-order valence-corrected chi connectivity index (χ2v) is 7.94. The van der Waals surface area contributed by atoms with Gasteiger partial charge in [-0.2, -0.15) is 0 Å². The molecule has 29 heavy (non-hydrogen) atoms. The highest BCUT2D eigenvalue weighted by atomic mass is 16.6. The second kappa shape index (κ2) is 12.3. The van der Waals surface area contributed by atoms with E-state index in [-0.39, 0.29) is 19.3 Å². The van der Waals surface area contributed by atoms with Gasteiger partial charge in [0.05, 0.1) is 6.61 Å². The van der Waals surface area contributed by atoms with Crippen LogP contribution >= 0.6 is 0 Å². The fourth-order valence-corrected chi connectivity index (χ4v) is 3.97. The fraction of sp³-hybridized carbons (Fsp3) is 0.480. The molecule has 1 heterocycles. The summed E-state index contributed by atoms with van der Waals surface area (Å²) >= 11 is 0. The van der Waals surface area contributed by atoms with Crippen molar-refractivity contribution in [1.29, 1.82) is 0 Å². The first-order valence-corrected chi connectivity index (χ1v) is 10.6. The van der Waals surface area contributed by atoms with Crippen molar-refractivity contribution in [3.63, 3.8) is 0 Å². The molecular formula is C25H35NO3. The van der Waals surface area contributed by atoms with Crippen molar-refractivity contribution < 1.29 is 14.6 Å². The third kappa shape index (κ3) is 7.54. The van der Waals surface area contributed by atoms with Crippen molar-refractivity contribution in [3.05, 3.63) is 72.4 Å². The lowest BCUT2D eigenvalue weighted by Crippen LogP contribution is -2.31. The number of fused-ring (bicyclic) bond motifs is 1. The minimum absolute atomic E-state index is 0.140. The molecule has 1 aliphatic heterocycles. The Morgan fingerprint density at radius 3 is 2.62 bits per heavy atom. The normalized spacial score (nSPS) is 23.1. The van der Waals surface area contributed by atoms with Crippen LogP contribution in [0.3, 0.4) is 0 Å². The minimum atomic E-state index is -0.185. The van der Waals surface area contributed by atoms with Crippen LogP contribution in [-0.4, -0.2) is 35.8 Å². The Hall–Kier alpha value is -2.33. The van der Waals surface area contributed by atoms with Crippen molar-refractivity contribution in [2.75, 3.05) is 19.7 Å². The number of carbonyl (C=O) groups excluding carboxylic acids is 1. The average molecular weight is 398 g/mol. The quantitative estimate of drug-likeness (QED) is 0.658. The van der Waals surface area contributed by atoms with Gasteiger partial charge < -0.3 is 14.7 Å². The van der Waals surface area contributed by atoms with Gasteiger partial charge in [-0.25, -0.2) is 4.79 Å². The molecule has 1 aromatic rings. The highest BCUT2D eigenvalue weighted by molar-refractivity contribution is 5.68. The number of ether oxygens (including phenoxy) is 1. The van der Waals surface area contributed by atoms with Crippen molar-refractivity contribution in [2.24, 2.45) is 17.8 Å². The number of hydrogen-bond donors (Lipinski definition) is 1. The molecule has 1 aromatic carbocycles. The molecule has 0 radical (unpaired) electrons. The minimum Gasteiger partial charge on any atom is -0.445 e. The molecule has 1 N–H and O–H groups in total. The SMILES string of the molecule is C=C(/C=C\C=C/CC)COC(=O)N1CC2CCC(C)C2C1.OCc1ccccc1. The number of rotatable bonds is 6. The largest absolute Gasteiger partial charge is 0.445 e. The Morgan fingerprint density at radius 1 is 1.24 bits per heavy atom. The van der Waals surface area contributed by atoms with Crippen LogP contribution in [0.5, 0.6) is 0 Å². The first-order valence-electron chi connectivity index (χ1n) is 10.6. The van der Waals surface area contributed by atoms with Crippen LogP contribution < -0.4 is 0 Å². The third-order valence-corrected chi connectivity index (χ3v) is 5.69. The van der Waals surface area contributed by atoms with Gasteiger partial charge >= 0.3 is 6.09 Å². The summed E-state index contributed by atoms with van der Waals surface area (Å²) in [5.41, 5.74) is 1.78. The smallest absolute Gasteiger partial charge is 0.410 e. The molecule has 158 valence electrons. The molecule has 2 aliphatic rings. The fourth-order valence-electron chi connectivity index (χ4n) is 3.97. The van der Waals surface area contributed by atoms with E-state index in [1.54, 1.807) is 0 Å². The molecule has 4 nitrogen and oxygen atoms in total. The van der Waals surface area contributed by atoms with E-state index in [0.29, 0.717) is 11.8 Å². The van der Waals surface area contributed by atoms with Crippen molar-refractivity contribution in [2.45, 2.75) is 39.7 Å². The maximum absolute atomic E-state index is 12.1. The van der Waals surface area contributed by atoms with Crippen LogP contribution in [0.15, 0.2) is 66.8 Å². The summed E-state index contributed by atoms with van der Waals surface area (Å²) in [6, 6.07) is 9.52. The monoisotopic (exact) mass is 397 g/mol. The van der Waals surface area contributed by atoms with Crippen LogP contribution in [-0.2, 0) is 11.3 Å². The number of aliphatic hydroxyl groups is 1. The first-order chi connectivity index (χ1) is 14.0. The predicted molar refractivity (Wildman–Crippen MR) is 118 cm³/mol. The van der Waals surface area contributed by atoms with Crippen molar-refractivity contribution in [1.82, 2.24) is 4.90 Å². The van der Waals surface area contributed by atoms with Gasteiger partial charge in [0.15, 0.2) is 0 Å². The van der Waals surface area contributed by atoms with Crippen LogP contribution in [0.2, 0.25) is 0 Å². The molecule has 2 fully saturated rings. The lowest BCUT2D eigenvalue weighted by molar-refractivity contribution is 0.116. The molecule has 4 heteroatoms. The zero-order valence-corrected chi connectivity index (χ0v) is 17.8. The second-order valence-electron chi connectivity index (χ2n) is 7.94. The number of carbonyl (C=O) groups is 1. The van der Waals surface area contributed by atoms with E-state index in [4.69, 9.17) is 9.84 Å². The number of likely N-dealkylation sites (tertiary alicyclic amines) is 1. The maximum atomic E-state index is 12.1. The molecule has 1 aliphatic carbocycles. The molecule has 1 saturated carbocycles. The Labute approximate surface area is 175 Å². The number of benzene rings is 1. The highest BCUT2D eigenvalue weighted by Crippen LogP contribution is 2.41. The Kier molecular flexibility index (Phi) is 9.72. The van der Waals surface area contributed by atoms with E-state index >= 15 is 0 Å². The van der Waals surface area contributed by atoms with Crippen LogP contribution in [0.25, 0.3) is 0 Å². The van der Waals surface area contributed by atoms with E-state index in [1.165, 1.54) is 12.8 Å². The van der Waals surface area contributed by atoms with E-state index < -0.39 is 0 Å². The third-order valence-electron chi connectivity index (χ3n) is 5.69. The Balaban J connectivity index is 0.000000313. The lowest BCUT2D eigenvalue weighted by Gasteiger charge is -2.18. The molecule has 1 amide bonds. The molecule has 3 unspecified atom stereocenters. The standard InChI is InChI=1S/C18H27NO2.C7H8O/c1-4-5-6-7-8-14(2)13-21-18(20)19-11-16-10-9-15(3)17(16)12-19;8-6-7-4-2-1-3-5-7/h5-8,15-17H,2,4,9-13H2,1,3H3;1-5,8H,6H2/b6-5-,8-7-;. The number of aliphatic hydroxyl groups excluding tert-OH is 1. The maximum Gasteiger partial charge on any atom is 0.410 e. The van der Waals surface area contributed by atoms with Crippen LogP contribution in [0.1, 0.15) is 38.7 Å². The van der Waals surface area contributed by atoms with Gasteiger partial charge in [-0.1, -0.05) is 81.5 Å². The summed E-state index contributed by atoms with van der Waals surface area (Å²) < 4.78 is 5.36. The van der Waals surface area contributed by atoms with Crippen LogP contribution in [0.4, 0.5) is 4.79 Å². The van der Waals surface area contributed by atoms with E-state index in [2.05, 4.69) is 26.5 Å². The van der Waals surface area contributed by atoms with Gasteiger partial charge in [0.1, 0.15) is 6.61 Å². The molecule has 3 atom stereocenters. The first kappa shape index (κ1) is 23.0. The van der Waals surface area contributed by atoms with Crippen LogP contribution in [0, 0.1) is 17.8 Å². The van der Waals surface area contributed by atoms with Gasteiger partial charge in [0, 0.05) is 13.1 Å². The summed E-state index contributed by atoms with van der Waals surface area (Å²) in [6.07, 6.45) is 11.3. The summed E-state index contributed by atoms with van der Waals surface area (Å²) in [7, 11) is 0. The van der Waals surface area contributed by atoms with Crippen molar-refractivity contribution >= 4 is 6.09 Å². The highest BCUT2D eigenvalue weighted by Gasteiger charge is 2.42. The van der Waals surface area contributed by atoms with Gasteiger partial charge in [-0.3, -0.25) is 0 Å². The zero-order valence-electron chi connectivity index (χ0n) is 17.8. The van der Waals surface area contributed by atoms with Gasteiger partial charge in [-0.05, 0) is 41.7 Å². The summed E-state index contributed by atoms with van der Waals surface area (Å²) in [6.45, 7) is 10.4. The number of nitrogens with zero attached hydrogens (tertiary/aromatic N) is 1. The zero-order chi connectivity index (χ0) is 21.1. The van der Waals surface area contributed by atoms with Gasteiger partial charge in [0.25, 0.3) is 0 Å². The average Bonchev–Trinajstić information content (AvgIpc) is 3.33. The Morgan fingerprint density at radius 2 is 2.00 bits per heavy atom. The summed E-state index contributed by atoms with van der Waals surface area (Å²) in [4.78, 5) is 14.0. The number of amides is 1. The summed E-state index contributed by atoms with van der Waals surface area (Å²) in [5.74, 6) is 2.12. The van der Waals surface area contributed by atoms with E-state index in [0.717, 1.165) is 36.6 Å². The van der Waals surface area contributed by atoms with E-state index in [1.807, 2.05) is 53.5 Å².